The van der Waals surface area contributed by atoms with E-state index in [-0.39, 0.29) is 22.9 Å². The zero-order chi connectivity index (χ0) is 21.1. The van der Waals surface area contributed by atoms with Gasteiger partial charge in [0.15, 0.2) is 0 Å². The van der Waals surface area contributed by atoms with Gasteiger partial charge in [-0.3, -0.25) is 14.2 Å². The van der Waals surface area contributed by atoms with Crippen LogP contribution in [0.1, 0.15) is 54.1 Å². The van der Waals surface area contributed by atoms with Crippen molar-refractivity contribution in [1.29, 1.82) is 0 Å². The molecule has 0 atom stereocenters. The van der Waals surface area contributed by atoms with Crippen molar-refractivity contribution in [3.63, 3.8) is 0 Å². The monoisotopic (exact) mass is 430 g/mol. The molecule has 1 saturated heterocycles. The van der Waals surface area contributed by atoms with Crippen molar-refractivity contribution >= 4 is 15.9 Å². The van der Waals surface area contributed by atoms with Gasteiger partial charge < -0.3 is 5.32 Å². The first-order valence-electron chi connectivity index (χ1n) is 10.4. The summed E-state index contributed by atoms with van der Waals surface area (Å²) in [5.74, 6) is 0.112. The highest BCUT2D eigenvalue weighted by Crippen LogP contribution is 2.38. The maximum atomic E-state index is 12.7. The molecule has 8 nitrogen and oxygen atoms in total. The van der Waals surface area contributed by atoms with Crippen LogP contribution in [-0.2, 0) is 16.6 Å². The Labute approximate surface area is 176 Å². The van der Waals surface area contributed by atoms with Crippen LogP contribution in [0.25, 0.3) is 0 Å². The van der Waals surface area contributed by atoms with Crippen LogP contribution < -0.4 is 10.9 Å². The smallest absolute Gasteiger partial charge is 0.253 e. The molecule has 0 unspecified atom stereocenters. The third kappa shape index (κ3) is 4.62. The third-order valence-corrected chi connectivity index (χ3v) is 7.52. The largest absolute Gasteiger partial charge is 0.350 e. The number of rotatable bonds is 7. The quantitative estimate of drug-likeness (QED) is 0.721. The minimum Gasteiger partial charge on any atom is -0.350 e. The van der Waals surface area contributed by atoms with Gasteiger partial charge in [-0.15, -0.1) is 0 Å². The maximum absolute atomic E-state index is 12.7. The van der Waals surface area contributed by atoms with Gasteiger partial charge in [0.25, 0.3) is 11.5 Å². The van der Waals surface area contributed by atoms with Crippen LogP contribution in [0, 0.1) is 0 Å². The van der Waals surface area contributed by atoms with Gasteiger partial charge in [0, 0.05) is 43.7 Å². The first-order valence-corrected chi connectivity index (χ1v) is 11.8. The first kappa shape index (κ1) is 20.7. The van der Waals surface area contributed by atoms with Gasteiger partial charge in [0.05, 0.1) is 16.9 Å². The van der Waals surface area contributed by atoms with Crippen LogP contribution in [0.15, 0.2) is 46.3 Å². The standard InChI is InChI=1S/C21H26N4O4S/c26-20-14-19(16-4-5-16)23-15-24(20)13-10-22-21(27)17-6-8-18(9-7-17)30(28,29)25-11-2-1-3-12-25/h6-9,14-16H,1-5,10-13H2,(H,22,27). The minimum absolute atomic E-state index is 0.117. The lowest BCUT2D eigenvalue weighted by Gasteiger charge is -2.25. The molecule has 1 saturated carbocycles. The molecule has 4 rings (SSSR count). The molecule has 1 N–H and O–H groups in total. The fourth-order valence-electron chi connectivity index (χ4n) is 3.63. The van der Waals surface area contributed by atoms with Gasteiger partial charge in [0.2, 0.25) is 10.0 Å². The van der Waals surface area contributed by atoms with E-state index in [9.17, 15) is 18.0 Å². The topological polar surface area (TPSA) is 101 Å². The van der Waals surface area contributed by atoms with E-state index in [1.54, 1.807) is 6.07 Å². The Hall–Kier alpha value is -2.52. The summed E-state index contributed by atoms with van der Waals surface area (Å²) in [6.45, 7) is 1.68. The van der Waals surface area contributed by atoms with Crippen LogP contribution >= 0.6 is 0 Å². The van der Waals surface area contributed by atoms with E-state index in [4.69, 9.17) is 0 Å². The number of nitrogens with one attached hydrogen (secondary N) is 1. The van der Waals surface area contributed by atoms with Crippen LogP contribution in [0.5, 0.6) is 0 Å². The van der Waals surface area contributed by atoms with E-state index >= 15 is 0 Å². The molecule has 1 aliphatic carbocycles. The lowest BCUT2D eigenvalue weighted by molar-refractivity contribution is 0.0952. The summed E-state index contributed by atoms with van der Waals surface area (Å²) >= 11 is 0. The summed E-state index contributed by atoms with van der Waals surface area (Å²) in [4.78, 5) is 29.0. The van der Waals surface area contributed by atoms with Gasteiger partial charge in [-0.05, 0) is 49.9 Å². The molecule has 0 spiro atoms. The molecule has 2 fully saturated rings. The van der Waals surface area contributed by atoms with E-state index < -0.39 is 10.0 Å². The SMILES string of the molecule is O=C(NCCn1cnc(C2CC2)cc1=O)c1ccc(S(=O)(=O)N2CCCCC2)cc1. The predicted octanol–water partition coefficient (Wildman–Crippen LogP) is 1.73. The number of sulfonamides is 1. The fraction of sp³-hybridized carbons (Fsp3) is 0.476. The highest BCUT2D eigenvalue weighted by molar-refractivity contribution is 7.89. The zero-order valence-electron chi connectivity index (χ0n) is 16.8. The molecule has 0 bridgehead atoms. The number of carbonyl (C=O) groups is 1. The maximum Gasteiger partial charge on any atom is 0.253 e. The molecule has 1 aromatic heterocycles. The van der Waals surface area contributed by atoms with Crippen molar-refractivity contribution in [2.45, 2.75) is 49.5 Å². The van der Waals surface area contributed by atoms with Gasteiger partial charge in [-0.1, -0.05) is 6.42 Å². The summed E-state index contributed by atoms with van der Waals surface area (Å²) < 4.78 is 28.4. The number of aromatic nitrogens is 2. The summed E-state index contributed by atoms with van der Waals surface area (Å²) in [5.41, 5.74) is 1.11. The zero-order valence-corrected chi connectivity index (χ0v) is 17.6. The summed E-state index contributed by atoms with van der Waals surface area (Å²) in [7, 11) is -3.51. The summed E-state index contributed by atoms with van der Waals surface area (Å²) in [5, 5.41) is 2.76. The molecule has 9 heteroatoms. The average molecular weight is 431 g/mol. The Morgan fingerprint density at radius 3 is 2.43 bits per heavy atom. The van der Waals surface area contributed by atoms with E-state index in [0.717, 1.165) is 37.8 Å². The van der Waals surface area contributed by atoms with Crippen molar-refractivity contribution < 1.29 is 13.2 Å². The number of hydrogen-bond donors (Lipinski definition) is 1. The number of piperidine rings is 1. The van der Waals surface area contributed by atoms with E-state index in [2.05, 4.69) is 10.3 Å². The average Bonchev–Trinajstić information content (AvgIpc) is 3.61. The third-order valence-electron chi connectivity index (χ3n) is 5.60. The molecular formula is C21H26N4O4S. The van der Waals surface area contributed by atoms with Gasteiger partial charge >= 0.3 is 0 Å². The van der Waals surface area contributed by atoms with Gasteiger partial charge in [-0.2, -0.15) is 4.31 Å². The Morgan fingerprint density at radius 1 is 1.10 bits per heavy atom. The van der Waals surface area contributed by atoms with Gasteiger partial charge in [-0.25, -0.2) is 13.4 Å². The second kappa shape index (κ2) is 8.69. The van der Waals surface area contributed by atoms with Crippen LogP contribution in [0.3, 0.4) is 0 Å². The van der Waals surface area contributed by atoms with Crippen molar-refractivity contribution in [3.05, 3.63) is 58.3 Å². The Balaban J connectivity index is 1.33. The van der Waals surface area contributed by atoms with Crippen molar-refractivity contribution in [1.82, 2.24) is 19.2 Å². The first-order chi connectivity index (χ1) is 14.4. The number of amides is 1. The summed E-state index contributed by atoms with van der Waals surface area (Å²) in [6, 6.07) is 7.56. The minimum atomic E-state index is -3.51. The van der Waals surface area contributed by atoms with Crippen molar-refractivity contribution in [2.75, 3.05) is 19.6 Å². The molecule has 0 radical (unpaired) electrons. The van der Waals surface area contributed by atoms with Crippen LogP contribution in [0.4, 0.5) is 0 Å². The number of hydrogen-bond acceptors (Lipinski definition) is 5. The molecule has 160 valence electrons. The lowest BCUT2D eigenvalue weighted by Crippen LogP contribution is -2.35. The van der Waals surface area contributed by atoms with Crippen LogP contribution in [-0.4, -0.2) is 47.8 Å². The second-order valence-electron chi connectivity index (χ2n) is 7.86. The van der Waals surface area contributed by atoms with E-state index in [1.807, 2.05) is 0 Å². The van der Waals surface area contributed by atoms with Crippen molar-refractivity contribution in [3.8, 4) is 0 Å². The predicted molar refractivity (Wildman–Crippen MR) is 112 cm³/mol. The molecule has 1 aliphatic heterocycles. The number of benzene rings is 1. The Morgan fingerprint density at radius 2 is 1.80 bits per heavy atom. The highest BCUT2D eigenvalue weighted by Gasteiger charge is 2.26. The second-order valence-corrected chi connectivity index (χ2v) is 9.80. The molecule has 2 aromatic rings. The number of carbonyl (C=O) groups excluding carboxylic acids is 1. The van der Waals surface area contributed by atoms with Crippen molar-refractivity contribution in [2.24, 2.45) is 0 Å². The molecule has 2 aliphatic rings. The van der Waals surface area contributed by atoms with Gasteiger partial charge in [0.1, 0.15) is 0 Å². The Bertz CT molecular complexity index is 1070. The Kier molecular flexibility index (Phi) is 6.01. The normalized spacial score (nSPS) is 17.6. The fourth-order valence-corrected chi connectivity index (χ4v) is 5.15. The molecule has 30 heavy (non-hydrogen) atoms. The van der Waals surface area contributed by atoms with E-state index in [0.29, 0.717) is 31.1 Å². The molecular weight excluding hydrogens is 404 g/mol. The lowest BCUT2D eigenvalue weighted by atomic mass is 10.2. The summed E-state index contributed by atoms with van der Waals surface area (Å²) in [6.07, 6.45) is 6.51. The van der Waals surface area contributed by atoms with Crippen LogP contribution in [0.2, 0.25) is 0 Å². The number of nitrogens with zero attached hydrogens (tertiary/aromatic N) is 3. The molecule has 2 heterocycles. The molecule has 1 aromatic carbocycles. The molecule has 1 amide bonds. The van der Waals surface area contributed by atoms with E-state index in [1.165, 1.54) is 39.5 Å². The highest BCUT2D eigenvalue weighted by atomic mass is 32.2.